The van der Waals surface area contributed by atoms with Crippen LogP contribution in [0.3, 0.4) is 0 Å². The van der Waals surface area contributed by atoms with Crippen molar-refractivity contribution in [2.75, 3.05) is 24.9 Å². The lowest BCUT2D eigenvalue weighted by Gasteiger charge is -2.26. The van der Waals surface area contributed by atoms with E-state index in [1.165, 1.54) is 16.8 Å². The van der Waals surface area contributed by atoms with Gasteiger partial charge in [0.25, 0.3) is 5.91 Å². The predicted molar refractivity (Wildman–Crippen MR) is 99.5 cm³/mol. The lowest BCUT2D eigenvalue weighted by atomic mass is 10.1. The van der Waals surface area contributed by atoms with Crippen LogP contribution in [0, 0.1) is 5.82 Å². The van der Waals surface area contributed by atoms with Gasteiger partial charge in [0.1, 0.15) is 17.5 Å². The van der Waals surface area contributed by atoms with E-state index in [-0.39, 0.29) is 24.4 Å². The van der Waals surface area contributed by atoms with Crippen molar-refractivity contribution in [2.45, 2.75) is 24.6 Å². The van der Waals surface area contributed by atoms with E-state index < -0.39 is 18.0 Å². The maximum atomic E-state index is 14.1. The molecule has 3 aromatic heterocycles. The predicted octanol–water partition coefficient (Wildman–Crippen LogP) is 1.04. The summed E-state index contributed by atoms with van der Waals surface area (Å²) in [6.45, 7) is 1.00. The molecule has 6 rings (SSSR count). The molecular formula is C19H17FN6O4. The summed E-state index contributed by atoms with van der Waals surface area (Å²) >= 11 is 0. The van der Waals surface area contributed by atoms with Gasteiger partial charge in [0.2, 0.25) is 5.88 Å². The fourth-order valence-corrected chi connectivity index (χ4v) is 4.07. The Morgan fingerprint density at radius 1 is 1.27 bits per heavy atom. The number of halogens is 1. The number of hydroxylamine groups is 1. The average Bonchev–Trinajstić information content (AvgIpc) is 3.48. The Labute approximate surface area is 169 Å². The number of nitrogens with one attached hydrogen (secondary N) is 1. The van der Waals surface area contributed by atoms with Gasteiger partial charge in [-0.05, 0) is 6.07 Å². The number of hydrogen-bond donors (Lipinski definition) is 1. The monoisotopic (exact) mass is 412 g/mol. The van der Waals surface area contributed by atoms with Crippen LogP contribution in [0.1, 0.15) is 28.4 Å². The van der Waals surface area contributed by atoms with Crippen molar-refractivity contribution in [2.24, 2.45) is 0 Å². The highest BCUT2D eigenvalue weighted by Crippen LogP contribution is 2.38. The van der Waals surface area contributed by atoms with E-state index in [9.17, 15) is 9.18 Å². The van der Waals surface area contributed by atoms with E-state index in [1.54, 1.807) is 17.3 Å². The fraction of sp³-hybridized carbons (Fsp3) is 0.368. The summed E-state index contributed by atoms with van der Waals surface area (Å²) in [4.78, 5) is 27.5. The van der Waals surface area contributed by atoms with Crippen LogP contribution in [0.2, 0.25) is 0 Å². The van der Waals surface area contributed by atoms with Crippen LogP contribution in [-0.2, 0) is 9.57 Å². The summed E-state index contributed by atoms with van der Waals surface area (Å²) in [5, 5.41) is 8.76. The molecule has 0 aliphatic carbocycles. The van der Waals surface area contributed by atoms with Gasteiger partial charge in [0.15, 0.2) is 11.5 Å². The molecule has 3 atom stereocenters. The zero-order valence-electron chi connectivity index (χ0n) is 15.7. The van der Waals surface area contributed by atoms with E-state index in [0.717, 1.165) is 6.20 Å². The Balaban J connectivity index is 1.55. The lowest BCUT2D eigenvalue weighted by molar-refractivity contribution is 0.0902. The standard InChI is InChI=1S/C19H17FN6O4/c20-10-5-11-14-2-4-29-26(14)16-1-3-25-17(24-16)12(7-22-25)18(27)23-13-8-28-9-15(13)30-19(11)21-6-10/h1,3,5-7,13-15H,2,4,8-9H2,(H,23,27). The molecule has 3 aliphatic rings. The number of nitrogens with zero attached hydrogens (tertiary/aromatic N) is 5. The number of ether oxygens (including phenoxy) is 2. The van der Waals surface area contributed by atoms with E-state index in [1.807, 2.05) is 0 Å². The Morgan fingerprint density at radius 2 is 2.20 bits per heavy atom. The Kier molecular flexibility index (Phi) is 3.86. The van der Waals surface area contributed by atoms with Gasteiger partial charge in [0, 0.05) is 24.2 Å². The first-order valence-electron chi connectivity index (χ1n) is 9.64. The molecule has 0 radical (unpaired) electrons. The van der Waals surface area contributed by atoms with Crippen LogP contribution in [-0.4, -0.2) is 57.5 Å². The SMILES string of the molecule is O=C1NC2COCC2Oc2ncc(F)cc2C2CCON2c2ccn3ncc1c3n2. The molecule has 11 heteroatoms. The summed E-state index contributed by atoms with van der Waals surface area (Å²) in [6.07, 6.45) is 4.42. The third kappa shape index (κ3) is 2.70. The van der Waals surface area contributed by atoms with Gasteiger partial charge in [-0.3, -0.25) is 9.63 Å². The molecule has 154 valence electrons. The summed E-state index contributed by atoms with van der Waals surface area (Å²) in [5.41, 5.74) is 1.28. The van der Waals surface area contributed by atoms with Gasteiger partial charge in [-0.25, -0.2) is 23.9 Å². The van der Waals surface area contributed by atoms with Crippen molar-refractivity contribution in [3.63, 3.8) is 0 Å². The van der Waals surface area contributed by atoms with E-state index in [4.69, 9.17) is 14.3 Å². The number of carbonyl (C=O) groups is 1. The van der Waals surface area contributed by atoms with Crippen LogP contribution in [0.4, 0.5) is 10.2 Å². The zero-order chi connectivity index (χ0) is 20.2. The molecule has 3 unspecified atom stereocenters. The van der Waals surface area contributed by atoms with Crippen LogP contribution in [0.15, 0.2) is 30.7 Å². The number of anilines is 1. The van der Waals surface area contributed by atoms with Crippen molar-refractivity contribution >= 4 is 17.4 Å². The molecule has 10 nitrogen and oxygen atoms in total. The second-order valence-corrected chi connectivity index (χ2v) is 7.40. The Morgan fingerprint density at radius 3 is 3.13 bits per heavy atom. The number of fused-ring (bicyclic) bond motifs is 6. The van der Waals surface area contributed by atoms with Gasteiger partial charge >= 0.3 is 0 Å². The van der Waals surface area contributed by atoms with Crippen molar-refractivity contribution in [1.82, 2.24) is 24.9 Å². The largest absolute Gasteiger partial charge is 0.469 e. The molecule has 30 heavy (non-hydrogen) atoms. The van der Waals surface area contributed by atoms with Crippen molar-refractivity contribution in [1.29, 1.82) is 0 Å². The smallest absolute Gasteiger partial charge is 0.257 e. The molecule has 0 aromatic carbocycles. The molecule has 0 spiro atoms. The first-order valence-corrected chi connectivity index (χ1v) is 9.64. The number of pyridine rings is 1. The van der Waals surface area contributed by atoms with Gasteiger partial charge < -0.3 is 14.8 Å². The van der Waals surface area contributed by atoms with Gasteiger partial charge in [-0.1, -0.05) is 0 Å². The summed E-state index contributed by atoms with van der Waals surface area (Å²) < 4.78 is 27.3. The number of aromatic nitrogens is 4. The van der Waals surface area contributed by atoms with Gasteiger partial charge in [-0.15, -0.1) is 0 Å². The van der Waals surface area contributed by atoms with Crippen LogP contribution in [0.25, 0.3) is 5.65 Å². The van der Waals surface area contributed by atoms with Crippen molar-refractivity contribution in [3.05, 3.63) is 47.7 Å². The number of carbonyl (C=O) groups excluding carboxylic acids is 1. The number of rotatable bonds is 0. The maximum absolute atomic E-state index is 14.1. The van der Waals surface area contributed by atoms with Crippen LogP contribution < -0.4 is 15.1 Å². The normalized spacial score (nSPS) is 25.6. The minimum Gasteiger partial charge on any atom is -0.469 e. The van der Waals surface area contributed by atoms with Crippen LogP contribution in [0.5, 0.6) is 5.88 Å². The van der Waals surface area contributed by atoms with E-state index >= 15 is 0 Å². The third-order valence-corrected chi connectivity index (χ3v) is 5.54. The van der Waals surface area contributed by atoms with Crippen molar-refractivity contribution in [3.8, 4) is 5.88 Å². The topological polar surface area (TPSA) is 103 Å². The van der Waals surface area contributed by atoms with E-state index in [0.29, 0.717) is 42.2 Å². The highest BCUT2D eigenvalue weighted by molar-refractivity contribution is 6.00. The first-order chi connectivity index (χ1) is 14.7. The minimum atomic E-state index is -0.470. The van der Waals surface area contributed by atoms with Gasteiger partial charge in [-0.2, -0.15) is 5.10 Å². The zero-order valence-corrected chi connectivity index (χ0v) is 15.7. The molecule has 2 saturated heterocycles. The highest BCUT2D eigenvalue weighted by Gasteiger charge is 2.37. The summed E-state index contributed by atoms with van der Waals surface area (Å²) in [5.74, 6) is -0.0285. The molecule has 3 aromatic rings. The van der Waals surface area contributed by atoms with Crippen molar-refractivity contribution < 1.29 is 23.5 Å². The van der Waals surface area contributed by atoms with E-state index in [2.05, 4.69) is 20.4 Å². The second kappa shape index (κ2) is 6.61. The van der Waals surface area contributed by atoms with Crippen LogP contribution >= 0.6 is 0 Å². The molecule has 3 aliphatic heterocycles. The lowest BCUT2D eigenvalue weighted by Crippen LogP contribution is -2.45. The molecule has 1 N–H and O–H groups in total. The molecule has 2 bridgehead atoms. The van der Waals surface area contributed by atoms with Gasteiger partial charge in [0.05, 0.1) is 44.3 Å². The maximum Gasteiger partial charge on any atom is 0.257 e. The summed E-state index contributed by atoms with van der Waals surface area (Å²) in [6, 6.07) is 2.39. The molecule has 2 fully saturated rings. The molecular weight excluding hydrogens is 395 g/mol. The quantitative estimate of drug-likeness (QED) is 0.584. The third-order valence-electron chi connectivity index (χ3n) is 5.54. The number of amides is 1. The Bertz CT molecular complexity index is 1150. The molecule has 6 heterocycles. The second-order valence-electron chi connectivity index (χ2n) is 7.40. The fourth-order valence-electron chi connectivity index (χ4n) is 4.07. The average molecular weight is 412 g/mol. The molecule has 0 saturated carbocycles. The first kappa shape index (κ1) is 17.5. The Hall–Kier alpha value is -3.31. The summed E-state index contributed by atoms with van der Waals surface area (Å²) in [7, 11) is 0. The highest BCUT2D eigenvalue weighted by atomic mass is 19.1. The number of hydrogen-bond acceptors (Lipinski definition) is 8. The minimum absolute atomic E-state index is 0.281. The molecule has 1 amide bonds.